The number of aryl methyl sites for hydroxylation is 1. The molecule has 0 unspecified atom stereocenters. The third-order valence-corrected chi connectivity index (χ3v) is 7.31. The van der Waals surface area contributed by atoms with E-state index in [9.17, 15) is 4.79 Å². The van der Waals surface area contributed by atoms with Crippen LogP contribution in [-0.4, -0.2) is 52.1 Å². The van der Waals surface area contributed by atoms with Crippen molar-refractivity contribution in [3.8, 4) is 11.5 Å². The van der Waals surface area contributed by atoms with Crippen molar-refractivity contribution >= 4 is 17.7 Å². The van der Waals surface area contributed by atoms with Crippen molar-refractivity contribution in [2.24, 2.45) is 0 Å². The fourth-order valence-electron chi connectivity index (χ4n) is 4.62. The molecule has 8 heteroatoms. The van der Waals surface area contributed by atoms with Crippen molar-refractivity contribution in [3.05, 3.63) is 65.0 Å². The van der Waals surface area contributed by atoms with Crippen LogP contribution >= 0.6 is 11.8 Å². The SMILES string of the molecule is COc1cc2c(cc1OC)[C@@H](c1ccccc1)N(C(=O)CSc1nnc(C)n1C1CC1)CC2. The minimum absolute atomic E-state index is 0.0947. The Morgan fingerprint density at radius 2 is 1.82 bits per heavy atom. The highest BCUT2D eigenvalue weighted by atomic mass is 32.2. The van der Waals surface area contributed by atoms with Gasteiger partial charge in [-0.05, 0) is 55.0 Å². The molecule has 0 N–H and O–H groups in total. The normalized spacial score (nSPS) is 17.5. The quantitative estimate of drug-likeness (QED) is 0.488. The number of thioether (sulfide) groups is 1. The second-order valence-corrected chi connectivity index (χ2v) is 9.42. The lowest BCUT2D eigenvalue weighted by Gasteiger charge is -2.38. The Bertz CT molecular complexity index is 1160. The molecule has 3 aromatic rings. The van der Waals surface area contributed by atoms with Crippen LogP contribution in [0.25, 0.3) is 0 Å². The number of fused-ring (bicyclic) bond motifs is 1. The van der Waals surface area contributed by atoms with Crippen LogP contribution in [0.1, 0.15) is 47.4 Å². The maximum Gasteiger partial charge on any atom is 0.233 e. The van der Waals surface area contributed by atoms with E-state index in [1.54, 1.807) is 14.2 Å². The second kappa shape index (κ2) is 9.09. The smallest absolute Gasteiger partial charge is 0.233 e. The van der Waals surface area contributed by atoms with Crippen LogP contribution in [0, 0.1) is 6.92 Å². The first-order chi connectivity index (χ1) is 16.1. The van der Waals surface area contributed by atoms with Crippen LogP contribution < -0.4 is 9.47 Å². The molecule has 33 heavy (non-hydrogen) atoms. The third kappa shape index (κ3) is 4.19. The average Bonchev–Trinajstić information content (AvgIpc) is 3.62. The lowest BCUT2D eigenvalue weighted by molar-refractivity contribution is -0.130. The van der Waals surface area contributed by atoms with E-state index in [0.717, 1.165) is 41.4 Å². The van der Waals surface area contributed by atoms with Crippen molar-refractivity contribution < 1.29 is 14.3 Å². The molecule has 1 atom stereocenters. The lowest BCUT2D eigenvalue weighted by atomic mass is 9.87. The Morgan fingerprint density at radius 3 is 2.52 bits per heavy atom. The summed E-state index contributed by atoms with van der Waals surface area (Å²) < 4.78 is 13.3. The minimum atomic E-state index is -0.175. The summed E-state index contributed by atoms with van der Waals surface area (Å²) in [6, 6.07) is 14.6. The summed E-state index contributed by atoms with van der Waals surface area (Å²) in [6.07, 6.45) is 3.09. The molecule has 1 aliphatic heterocycles. The molecule has 1 fully saturated rings. The second-order valence-electron chi connectivity index (χ2n) is 8.48. The van der Waals surface area contributed by atoms with Gasteiger partial charge in [0.15, 0.2) is 16.7 Å². The first-order valence-electron chi connectivity index (χ1n) is 11.2. The molecular weight excluding hydrogens is 436 g/mol. The number of carbonyl (C=O) groups excluding carboxylic acids is 1. The van der Waals surface area contributed by atoms with Gasteiger partial charge in [-0.25, -0.2) is 0 Å². The maximum atomic E-state index is 13.5. The van der Waals surface area contributed by atoms with Crippen LogP contribution in [0.2, 0.25) is 0 Å². The van der Waals surface area contributed by atoms with Gasteiger partial charge in [0, 0.05) is 12.6 Å². The van der Waals surface area contributed by atoms with Gasteiger partial charge < -0.3 is 18.9 Å². The summed E-state index contributed by atoms with van der Waals surface area (Å²) in [5.41, 5.74) is 3.35. The molecule has 0 radical (unpaired) electrons. The summed E-state index contributed by atoms with van der Waals surface area (Å²) in [6.45, 7) is 2.63. The van der Waals surface area contributed by atoms with Gasteiger partial charge in [0.2, 0.25) is 5.91 Å². The number of benzene rings is 2. The highest BCUT2D eigenvalue weighted by Gasteiger charge is 2.34. The molecule has 2 aliphatic rings. The fourth-order valence-corrected chi connectivity index (χ4v) is 5.56. The van der Waals surface area contributed by atoms with E-state index in [0.29, 0.717) is 29.8 Å². The van der Waals surface area contributed by atoms with E-state index in [2.05, 4.69) is 26.9 Å². The maximum absolute atomic E-state index is 13.5. The molecule has 5 rings (SSSR count). The summed E-state index contributed by atoms with van der Waals surface area (Å²) in [5, 5.41) is 9.40. The standard InChI is InChI=1S/C25H28N4O3S/c1-16-26-27-25(29(16)19-9-10-19)33-15-23(30)28-12-11-18-13-21(31-2)22(32-3)14-20(18)24(28)17-7-5-4-6-8-17/h4-8,13-14,19,24H,9-12,15H2,1-3H3/t24-/m1/s1. The molecule has 1 aliphatic carbocycles. The molecule has 1 aromatic heterocycles. The van der Waals surface area contributed by atoms with E-state index in [1.807, 2.05) is 42.2 Å². The van der Waals surface area contributed by atoms with Crippen molar-refractivity contribution in [2.45, 2.75) is 43.4 Å². The molecule has 1 saturated carbocycles. The monoisotopic (exact) mass is 464 g/mol. The number of rotatable bonds is 7. The van der Waals surface area contributed by atoms with E-state index in [4.69, 9.17) is 9.47 Å². The van der Waals surface area contributed by atoms with Gasteiger partial charge in [-0.15, -0.1) is 10.2 Å². The van der Waals surface area contributed by atoms with Crippen molar-refractivity contribution in [1.29, 1.82) is 0 Å². The van der Waals surface area contributed by atoms with Gasteiger partial charge >= 0.3 is 0 Å². The van der Waals surface area contributed by atoms with E-state index in [-0.39, 0.29) is 11.9 Å². The van der Waals surface area contributed by atoms with Gasteiger partial charge in [0.05, 0.1) is 26.0 Å². The Morgan fingerprint density at radius 1 is 1.09 bits per heavy atom. The van der Waals surface area contributed by atoms with Crippen molar-refractivity contribution in [3.63, 3.8) is 0 Å². The van der Waals surface area contributed by atoms with Crippen LogP contribution in [0.4, 0.5) is 0 Å². The van der Waals surface area contributed by atoms with Crippen LogP contribution in [0.5, 0.6) is 11.5 Å². The summed E-state index contributed by atoms with van der Waals surface area (Å²) in [4.78, 5) is 15.5. The fraction of sp³-hybridized carbons (Fsp3) is 0.400. The van der Waals surface area contributed by atoms with Crippen LogP contribution in [0.3, 0.4) is 0 Å². The number of hydrogen-bond donors (Lipinski definition) is 0. The summed E-state index contributed by atoms with van der Waals surface area (Å²) in [5.74, 6) is 2.73. The Kier molecular flexibility index (Phi) is 6.01. The molecule has 0 saturated heterocycles. The number of hydrogen-bond acceptors (Lipinski definition) is 6. The van der Waals surface area contributed by atoms with Crippen molar-refractivity contribution in [2.75, 3.05) is 26.5 Å². The zero-order valence-electron chi connectivity index (χ0n) is 19.2. The highest BCUT2D eigenvalue weighted by molar-refractivity contribution is 7.99. The number of ether oxygens (including phenoxy) is 2. The van der Waals surface area contributed by atoms with Crippen LogP contribution in [0.15, 0.2) is 47.6 Å². The number of carbonyl (C=O) groups is 1. The number of methoxy groups -OCH3 is 2. The molecule has 2 heterocycles. The van der Waals surface area contributed by atoms with Crippen LogP contribution in [-0.2, 0) is 11.2 Å². The third-order valence-electron chi connectivity index (χ3n) is 6.38. The lowest BCUT2D eigenvalue weighted by Crippen LogP contribution is -2.41. The van der Waals surface area contributed by atoms with Gasteiger partial charge in [-0.2, -0.15) is 0 Å². The number of nitrogens with zero attached hydrogens (tertiary/aromatic N) is 4. The van der Waals surface area contributed by atoms with Gasteiger partial charge in [0.1, 0.15) is 5.82 Å². The topological polar surface area (TPSA) is 69.5 Å². The highest BCUT2D eigenvalue weighted by Crippen LogP contribution is 2.42. The Balaban J connectivity index is 1.45. The molecule has 2 aromatic carbocycles. The van der Waals surface area contributed by atoms with E-state index >= 15 is 0 Å². The molecule has 0 bridgehead atoms. The largest absolute Gasteiger partial charge is 0.493 e. The summed E-state index contributed by atoms with van der Waals surface area (Å²) in [7, 11) is 3.29. The Hall–Kier alpha value is -3.00. The molecule has 7 nitrogen and oxygen atoms in total. The summed E-state index contributed by atoms with van der Waals surface area (Å²) >= 11 is 1.48. The van der Waals surface area contributed by atoms with E-state index in [1.165, 1.54) is 17.3 Å². The zero-order valence-corrected chi connectivity index (χ0v) is 20.0. The zero-order chi connectivity index (χ0) is 22.9. The first kappa shape index (κ1) is 21.8. The first-order valence-corrected chi connectivity index (χ1v) is 12.2. The van der Waals surface area contributed by atoms with E-state index < -0.39 is 0 Å². The number of amides is 1. The predicted octanol–water partition coefficient (Wildman–Crippen LogP) is 4.21. The Labute approximate surface area is 198 Å². The van der Waals surface area contributed by atoms with Gasteiger partial charge in [0.25, 0.3) is 0 Å². The average molecular weight is 465 g/mol. The molecular formula is C25H28N4O3S. The van der Waals surface area contributed by atoms with Gasteiger partial charge in [-0.3, -0.25) is 4.79 Å². The molecule has 1 amide bonds. The predicted molar refractivity (Wildman–Crippen MR) is 127 cm³/mol. The van der Waals surface area contributed by atoms with Gasteiger partial charge in [-0.1, -0.05) is 42.1 Å². The number of aromatic nitrogens is 3. The van der Waals surface area contributed by atoms with Crippen molar-refractivity contribution in [1.82, 2.24) is 19.7 Å². The molecule has 0 spiro atoms. The minimum Gasteiger partial charge on any atom is -0.493 e. The molecule has 172 valence electrons.